The van der Waals surface area contributed by atoms with Gasteiger partial charge in [-0.05, 0) is 75.5 Å². The number of benzene rings is 4. The summed E-state index contributed by atoms with van der Waals surface area (Å²) in [4.78, 5) is 0. The summed E-state index contributed by atoms with van der Waals surface area (Å²) in [6.07, 6.45) is 6.16. The maximum absolute atomic E-state index is 9.46. The van der Waals surface area contributed by atoms with Crippen molar-refractivity contribution in [1.29, 1.82) is 15.9 Å². The quantitative estimate of drug-likeness (QED) is 0.116. The van der Waals surface area contributed by atoms with Crippen LogP contribution in [-0.4, -0.2) is 6.21 Å². The van der Waals surface area contributed by atoms with E-state index in [9.17, 15) is 10.5 Å². The summed E-state index contributed by atoms with van der Waals surface area (Å²) in [5.41, 5.74) is 11.3. The lowest BCUT2D eigenvalue weighted by molar-refractivity contribution is 0.669. The highest BCUT2D eigenvalue weighted by molar-refractivity contribution is 6.26. The van der Waals surface area contributed by atoms with Crippen LogP contribution in [0.5, 0.6) is 0 Å². The fourth-order valence-electron chi connectivity index (χ4n) is 4.89. The average molecular weight is 479 g/mol. The lowest BCUT2D eigenvalue weighted by Crippen LogP contribution is -1.98. The van der Waals surface area contributed by atoms with Gasteiger partial charge in [-0.15, -0.1) is 0 Å². The molecular formula is C32H22N4O. The highest BCUT2D eigenvalue weighted by atomic mass is 16.3. The molecule has 0 aliphatic carbocycles. The van der Waals surface area contributed by atoms with Crippen LogP contribution in [0.2, 0.25) is 0 Å². The van der Waals surface area contributed by atoms with Gasteiger partial charge in [-0.2, -0.15) is 10.5 Å². The van der Waals surface area contributed by atoms with E-state index in [2.05, 4.69) is 24.8 Å². The Balaban J connectivity index is 2.07. The number of nitrogens with two attached hydrogens (primary N) is 1. The summed E-state index contributed by atoms with van der Waals surface area (Å²) in [7, 11) is 0. The number of allylic oxidation sites excluding steroid dienone is 6. The van der Waals surface area contributed by atoms with Crippen molar-refractivity contribution in [2.75, 3.05) is 0 Å². The molecule has 0 fully saturated rings. The Bertz CT molecular complexity index is 1950. The van der Waals surface area contributed by atoms with Crippen molar-refractivity contribution < 1.29 is 4.42 Å². The first-order chi connectivity index (χ1) is 18.0. The number of nitrogens with one attached hydrogen (secondary N) is 1. The van der Waals surface area contributed by atoms with Gasteiger partial charge in [0.2, 0.25) is 0 Å². The fraction of sp³-hybridized carbons (Fsp3) is 0.0312. The third-order valence-electron chi connectivity index (χ3n) is 6.46. The van der Waals surface area contributed by atoms with Gasteiger partial charge >= 0.3 is 0 Å². The number of fused-ring (bicyclic) bond motifs is 5. The van der Waals surface area contributed by atoms with Crippen LogP contribution >= 0.6 is 0 Å². The van der Waals surface area contributed by atoms with Crippen molar-refractivity contribution in [3.05, 3.63) is 108 Å². The molecule has 1 heterocycles. The normalized spacial score (nSPS) is 12.7. The lowest BCUT2D eigenvalue weighted by Gasteiger charge is -2.18. The molecule has 0 aliphatic heterocycles. The van der Waals surface area contributed by atoms with E-state index in [1.54, 1.807) is 19.1 Å². The van der Waals surface area contributed by atoms with Gasteiger partial charge in [-0.3, -0.25) is 0 Å². The van der Waals surface area contributed by atoms with Crippen molar-refractivity contribution in [1.82, 2.24) is 0 Å². The SMILES string of the molecule is C=C(C#N)/C=C(\C=N)c1c2ccccc2c(C(/C=C(\C)C#N)=C/N)c2cc3oc4ccccc4c3cc12. The first-order valence-corrected chi connectivity index (χ1v) is 11.6. The zero-order valence-corrected chi connectivity index (χ0v) is 20.2. The average Bonchev–Trinajstić information content (AvgIpc) is 3.29. The number of furan rings is 1. The predicted molar refractivity (Wildman–Crippen MR) is 152 cm³/mol. The highest BCUT2D eigenvalue weighted by Gasteiger charge is 2.20. The molecule has 4 aromatic carbocycles. The monoisotopic (exact) mass is 478 g/mol. The van der Waals surface area contributed by atoms with Crippen LogP contribution in [0.25, 0.3) is 54.6 Å². The van der Waals surface area contributed by atoms with E-state index in [1.165, 1.54) is 12.4 Å². The van der Waals surface area contributed by atoms with E-state index in [1.807, 2.05) is 54.6 Å². The molecule has 0 bridgehead atoms. The minimum atomic E-state index is 0.254. The predicted octanol–water partition coefficient (Wildman–Crippen LogP) is 7.77. The molecule has 0 saturated heterocycles. The lowest BCUT2D eigenvalue weighted by atomic mass is 9.84. The van der Waals surface area contributed by atoms with Gasteiger partial charge in [0.25, 0.3) is 0 Å². The summed E-state index contributed by atoms with van der Waals surface area (Å²) in [6, 6.07) is 24.0. The first kappa shape index (κ1) is 23.4. The van der Waals surface area contributed by atoms with Crippen molar-refractivity contribution in [3.63, 3.8) is 0 Å². The van der Waals surface area contributed by atoms with E-state index in [0.29, 0.717) is 16.7 Å². The Morgan fingerprint density at radius 2 is 1.43 bits per heavy atom. The maximum Gasteiger partial charge on any atom is 0.136 e. The molecule has 5 nitrogen and oxygen atoms in total. The summed E-state index contributed by atoms with van der Waals surface area (Å²) in [5, 5.41) is 32.5. The Morgan fingerprint density at radius 3 is 2.05 bits per heavy atom. The molecule has 0 radical (unpaired) electrons. The van der Waals surface area contributed by atoms with Crippen molar-refractivity contribution in [2.45, 2.75) is 6.92 Å². The molecule has 176 valence electrons. The van der Waals surface area contributed by atoms with Crippen LogP contribution in [0, 0.1) is 28.1 Å². The summed E-state index contributed by atoms with van der Waals surface area (Å²) >= 11 is 0. The van der Waals surface area contributed by atoms with Gasteiger partial charge in [-0.1, -0.05) is 49.0 Å². The number of nitriles is 2. The Morgan fingerprint density at radius 1 is 0.811 bits per heavy atom. The molecule has 3 N–H and O–H groups in total. The molecule has 0 unspecified atom stereocenters. The van der Waals surface area contributed by atoms with Crippen molar-refractivity contribution in [3.8, 4) is 12.1 Å². The molecule has 5 rings (SSSR count). The van der Waals surface area contributed by atoms with E-state index in [0.717, 1.165) is 54.6 Å². The highest BCUT2D eigenvalue weighted by Crippen LogP contribution is 2.43. The minimum absolute atomic E-state index is 0.254. The van der Waals surface area contributed by atoms with Crippen LogP contribution in [0.15, 0.2) is 101 Å². The third kappa shape index (κ3) is 3.86. The van der Waals surface area contributed by atoms with Crippen LogP contribution < -0.4 is 5.73 Å². The topological polar surface area (TPSA) is 111 Å². The summed E-state index contributed by atoms with van der Waals surface area (Å²) in [5.74, 6) is 0. The zero-order chi connectivity index (χ0) is 26.1. The molecule has 5 heteroatoms. The molecule has 0 saturated carbocycles. The number of hydrogen-bond donors (Lipinski definition) is 2. The molecule has 0 atom stereocenters. The fourth-order valence-corrected chi connectivity index (χ4v) is 4.89. The van der Waals surface area contributed by atoms with Crippen molar-refractivity contribution in [2.24, 2.45) is 5.73 Å². The molecule has 0 amide bonds. The van der Waals surface area contributed by atoms with E-state index in [4.69, 9.17) is 15.6 Å². The Hall–Kier alpha value is -5.39. The van der Waals surface area contributed by atoms with Gasteiger partial charge in [0.15, 0.2) is 0 Å². The second kappa shape index (κ2) is 9.34. The smallest absolute Gasteiger partial charge is 0.136 e. The molecule has 1 aromatic heterocycles. The van der Waals surface area contributed by atoms with Gasteiger partial charge in [0.05, 0.1) is 12.1 Å². The molecule has 37 heavy (non-hydrogen) atoms. The maximum atomic E-state index is 9.46. The van der Waals surface area contributed by atoms with Gasteiger partial charge in [0.1, 0.15) is 11.2 Å². The molecule has 5 aromatic rings. The van der Waals surface area contributed by atoms with Gasteiger partial charge < -0.3 is 15.6 Å². The summed E-state index contributed by atoms with van der Waals surface area (Å²) in [6.45, 7) is 5.55. The number of nitrogens with zero attached hydrogens (tertiary/aromatic N) is 2. The Kier molecular flexibility index (Phi) is 5.89. The van der Waals surface area contributed by atoms with Gasteiger partial charge in [-0.25, -0.2) is 0 Å². The third-order valence-corrected chi connectivity index (χ3v) is 6.46. The number of para-hydroxylation sites is 1. The van der Waals surface area contributed by atoms with Crippen LogP contribution in [0.3, 0.4) is 0 Å². The molecule has 0 aliphatic rings. The van der Waals surface area contributed by atoms with Crippen LogP contribution in [0.1, 0.15) is 18.1 Å². The second-order valence-corrected chi connectivity index (χ2v) is 8.73. The van der Waals surface area contributed by atoms with Crippen LogP contribution in [-0.2, 0) is 0 Å². The van der Waals surface area contributed by atoms with E-state index in [-0.39, 0.29) is 5.57 Å². The zero-order valence-electron chi connectivity index (χ0n) is 20.2. The largest absolute Gasteiger partial charge is 0.456 e. The van der Waals surface area contributed by atoms with E-state index >= 15 is 0 Å². The van der Waals surface area contributed by atoms with Crippen LogP contribution in [0.4, 0.5) is 0 Å². The first-order valence-electron chi connectivity index (χ1n) is 11.6. The van der Waals surface area contributed by atoms with Crippen molar-refractivity contribution >= 4 is 60.8 Å². The van der Waals surface area contributed by atoms with Gasteiger partial charge in [0, 0.05) is 39.9 Å². The molecular weight excluding hydrogens is 456 g/mol. The summed E-state index contributed by atoms with van der Waals surface area (Å²) < 4.78 is 6.22. The number of hydrogen-bond acceptors (Lipinski definition) is 5. The van der Waals surface area contributed by atoms with E-state index < -0.39 is 0 Å². The Labute approximate surface area is 213 Å². The number of rotatable bonds is 5. The standard InChI is InChI=1S/C32H22N4O/c1-19(15-33)11-21(17-35)31-24-8-3-4-9-25(24)32(22(18-36)12-20(2)16-34)28-14-30-26(13-27(28)31)23-7-5-6-10-29(23)37-30/h3-14,17-18,35H,1,36H2,2H3/b20-12+,21-11+,22-18+,35-17?. The second-order valence-electron chi connectivity index (χ2n) is 8.73. The minimum Gasteiger partial charge on any atom is -0.456 e. The molecule has 0 spiro atoms.